The number of hydrogen-bond acceptors (Lipinski definition) is 6. The van der Waals surface area contributed by atoms with Crippen LogP contribution in [0.25, 0.3) is 23.4 Å². The number of imidazole rings is 1. The predicted molar refractivity (Wildman–Crippen MR) is 148 cm³/mol. The van der Waals surface area contributed by atoms with Crippen molar-refractivity contribution in [1.82, 2.24) is 25.3 Å². The summed E-state index contributed by atoms with van der Waals surface area (Å²) in [7, 11) is 0. The Morgan fingerprint density at radius 3 is 2.76 bits per heavy atom. The zero-order valence-corrected chi connectivity index (χ0v) is 20.7. The second kappa shape index (κ2) is 10.9. The number of fused-ring (bicyclic) bond motifs is 1. The number of carbonyl (C=O) groups excluding carboxylic acids is 1. The minimum absolute atomic E-state index is 0.0898. The monoisotopic (exact) mass is 507 g/mol. The molecule has 0 bridgehead atoms. The molecule has 0 aliphatic carbocycles. The maximum absolute atomic E-state index is 13.2. The van der Waals surface area contributed by atoms with Crippen molar-refractivity contribution in [3.63, 3.8) is 0 Å². The smallest absolute Gasteiger partial charge is 0.256 e. The summed E-state index contributed by atoms with van der Waals surface area (Å²) in [6, 6.07) is 12.1. The summed E-state index contributed by atoms with van der Waals surface area (Å²) in [5, 5.41) is 9.51. The molecule has 4 aromatic rings. The van der Waals surface area contributed by atoms with Crippen molar-refractivity contribution in [3.8, 4) is 0 Å². The van der Waals surface area contributed by atoms with E-state index in [-0.39, 0.29) is 17.8 Å². The number of aromatic amines is 1. The van der Waals surface area contributed by atoms with E-state index in [4.69, 9.17) is 0 Å². The van der Waals surface area contributed by atoms with Crippen LogP contribution in [0.2, 0.25) is 0 Å². The highest BCUT2D eigenvalue weighted by Crippen LogP contribution is 2.33. The number of carbonyl (C=O) groups is 1. The molecule has 0 saturated carbocycles. The van der Waals surface area contributed by atoms with Gasteiger partial charge in [0.1, 0.15) is 11.5 Å². The molecule has 190 valence electrons. The van der Waals surface area contributed by atoms with Crippen molar-refractivity contribution in [3.05, 3.63) is 114 Å². The van der Waals surface area contributed by atoms with E-state index in [0.29, 0.717) is 29.3 Å². The average Bonchev–Trinajstić information content (AvgIpc) is 3.54. The average molecular weight is 508 g/mol. The van der Waals surface area contributed by atoms with Gasteiger partial charge in [-0.1, -0.05) is 43.0 Å². The van der Waals surface area contributed by atoms with Gasteiger partial charge in [0, 0.05) is 36.2 Å². The van der Waals surface area contributed by atoms with Crippen molar-refractivity contribution in [2.75, 3.05) is 17.2 Å². The molecule has 8 nitrogen and oxygen atoms in total. The SMILES string of the molecule is C=C(N[C@@H](C)c1ccc(F)cc1)c1nccnc1NC/C=C/c1ccc2c(c1)NC(=O)/C2=C\c1cnc[nH]1. The number of H-pyrrole nitrogens is 1. The number of halogens is 1. The summed E-state index contributed by atoms with van der Waals surface area (Å²) in [5.41, 5.74) is 6.08. The first-order chi connectivity index (χ1) is 18.5. The Hall–Kier alpha value is -5.05. The fraction of sp³-hybridized carbons (Fsp3) is 0.103. The first kappa shape index (κ1) is 24.6. The summed E-state index contributed by atoms with van der Waals surface area (Å²) in [6.07, 6.45) is 12.2. The molecule has 1 atom stereocenters. The molecule has 9 heteroatoms. The Kier molecular flexibility index (Phi) is 7.08. The van der Waals surface area contributed by atoms with E-state index in [1.54, 1.807) is 43.1 Å². The molecule has 0 unspecified atom stereocenters. The summed E-state index contributed by atoms with van der Waals surface area (Å²) in [4.78, 5) is 28.3. The molecule has 0 fully saturated rings. The number of aromatic nitrogens is 4. The lowest BCUT2D eigenvalue weighted by molar-refractivity contribution is -0.110. The van der Waals surface area contributed by atoms with E-state index >= 15 is 0 Å². The molecule has 1 aliphatic heterocycles. The first-order valence-corrected chi connectivity index (χ1v) is 12.1. The molecular formula is C29H26FN7O. The molecule has 1 amide bonds. The van der Waals surface area contributed by atoms with Crippen LogP contribution in [-0.4, -0.2) is 32.4 Å². The second-order valence-electron chi connectivity index (χ2n) is 8.76. The van der Waals surface area contributed by atoms with E-state index in [1.807, 2.05) is 37.3 Å². The number of anilines is 2. The van der Waals surface area contributed by atoms with E-state index in [9.17, 15) is 9.18 Å². The number of rotatable bonds is 9. The number of nitrogens with one attached hydrogen (secondary N) is 4. The first-order valence-electron chi connectivity index (χ1n) is 12.1. The quantitative estimate of drug-likeness (QED) is 0.230. The molecule has 1 aliphatic rings. The van der Waals surface area contributed by atoms with Gasteiger partial charge >= 0.3 is 0 Å². The maximum atomic E-state index is 13.2. The molecule has 5 rings (SSSR count). The molecular weight excluding hydrogens is 481 g/mol. The van der Waals surface area contributed by atoms with Crippen molar-refractivity contribution >= 4 is 40.8 Å². The van der Waals surface area contributed by atoms with Crippen LogP contribution >= 0.6 is 0 Å². The van der Waals surface area contributed by atoms with Crippen LogP contribution in [0.4, 0.5) is 15.9 Å². The normalized spacial score (nSPS) is 14.4. The predicted octanol–water partition coefficient (Wildman–Crippen LogP) is 5.28. The van der Waals surface area contributed by atoms with E-state index in [0.717, 1.165) is 28.1 Å². The van der Waals surface area contributed by atoms with Crippen LogP contribution in [0.1, 0.15) is 41.0 Å². The van der Waals surface area contributed by atoms with Crippen molar-refractivity contribution in [1.29, 1.82) is 0 Å². The third kappa shape index (κ3) is 5.52. The van der Waals surface area contributed by atoms with Gasteiger partial charge in [-0.15, -0.1) is 0 Å². The Labute approximate surface area is 219 Å². The van der Waals surface area contributed by atoms with Gasteiger partial charge in [0.25, 0.3) is 5.91 Å². The van der Waals surface area contributed by atoms with Crippen molar-refractivity contribution in [2.45, 2.75) is 13.0 Å². The topological polar surface area (TPSA) is 108 Å². The van der Waals surface area contributed by atoms with Gasteiger partial charge in [-0.05, 0) is 42.3 Å². The van der Waals surface area contributed by atoms with Gasteiger partial charge in [0.2, 0.25) is 0 Å². The summed E-state index contributed by atoms with van der Waals surface area (Å²) >= 11 is 0. The van der Waals surface area contributed by atoms with Gasteiger partial charge in [-0.3, -0.25) is 4.79 Å². The van der Waals surface area contributed by atoms with E-state index in [2.05, 4.69) is 42.5 Å². The lowest BCUT2D eigenvalue weighted by atomic mass is 10.0. The van der Waals surface area contributed by atoms with Crippen molar-refractivity contribution in [2.24, 2.45) is 0 Å². The largest absolute Gasteiger partial charge is 0.377 e. The highest BCUT2D eigenvalue weighted by Gasteiger charge is 2.24. The maximum Gasteiger partial charge on any atom is 0.256 e. The van der Waals surface area contributed by atoms with Gasteiger partial charge in [-0.2, -0.15) is 0 Å². The van der Waals surface area contributed by atoms with Crippen LogP contribution < -0.4 is 16.0 Å². The summed E-state index contributed by atoms with van der Waals surface area (Å²) in [6.45, 7) is 6.60. The minimum atomic E-state index is -0.273. The second-order valence-corrected chi connectivity index (χ2v) is 8.76. The molecule has 2 aromatic carbocycles. The van der Waals surface area contributed by atoms with Gasteiger partial charge in [0.05, 0.1) is 29.5 Å². The number of hydrogen-bond donors (Lipinski definition) is 4. The van der Waals surface area contributed by atoms with Crippen LogP contribution in [0.3, 0.4) is 0 Å². The third-order valence-corrected chi connectivity index (χ3v) is 6.09. The van der Waals surface area contributed by atoms with Crippen molar-refractivity contribution < 1.29 is 9.18 Å². The standard InChI is InChI=1S/C29H26FN7O/c1-18(21-6-8-22(30)9-7-21)36-19(2)27-28(34-13-12-32-27)33-11-3-4-20-5-10-24-25(15-23-16-31-17-35-23)29(38)37-26(24)14-20/h3-10,12-18,36H,2,11H2,1H3,(H,31,35)(H,33,34)(H,37,38)/b4-3+,25-15-/t18-/m0/s1. The Bertz CT molecular complexity index is 1530. The molecule has 38 heavy (non-hydrogen) atoms. The van der Waals surface area contributed by atoms with Gasteiger partial charge in [-0.25, -0.2) is 19.3 Å². The van der Waals surface area contributed by atoms with Crippen LogP contribution in [0.15, 0.2) is 80.0 Å². The fourth-order valence-electron chi connectivity index (χ4n) is 4.16. The number of amides is 1. The molecule has 0 spiro atoms. The third-order valence-electron chi connectivity index (χ3n) is 6.09. The van der Waals surface area contributed by atoms with Crippen LogP contribution in [-0.2, 0) is 4.79 Å². The fourth-order valence-corrected chi connectivity index (χ4v) is 4.16. The van der Waals surface area contributed by atoms with Crippen LogP contribution in [0, 0.1) is 5.82 Å². The Balaban J connectivity index is 1.22. The summed E-state index contributed by atoms with van der Waals surface area (Å²) in [5.74, 6) is 0.177. The number of nitrogens with zero attached hydrogens (tertiary/aromatic N) is 3. The molecule has 0 radical (unpaired) electrons. The molecule has 2 aromatic heterocycles. The Morgan fingerprint density at radius 2 is 1.97 bits per heavy atom. The number of benzene rings is 2. The molecule has 0 saturated heterocycles. The zero-order chi connectivity index (χ0) is 26.5. The molecule has 3 heterocycles. The van der Waals surface area contributed by atoms with Crippen LogP contribution in [0.5, 0.6) is 0 Å². The van der Waals surface area contributed by atoms with E-state index < -0.39 is 0 Å². The Morgan fingerprint density at radius 1 is 1.16 bits per heavy atom. The summed E-state index contributed by atoms with van der Waals surface area (Å²) < 4.78 is 13.2. The minimum Gasteiger partial charge on any atom is -0.377 e. The van der Waals surface area contributed by atoms with Gasteiger partial charge in [0.15, 0.2) is 5.82 Å². The highest BCUT2D eigenvalue weighted by atomic mass is 19.1. The zero-order valence-electron chi connectivity index (χ0n) is 20.7. The lowest BCUT2D eigenvalue weighted by Crippen LogP contribution is -2.18. The van der Waals surface area contributed by atoms with Gasteiger partial charge < -0.3 is 20.9 Å². The van der Waals surface area contributed by atoms with E-state index in [1.165, 1.54) is 12.1 Å². The highest BCUT2D eigenvalue weighted by molar-refractivity contribution is 6.34. The molecule has 4 N–H and O–H groups in total. The lowest BCUT2D eigenvalue weighted by Gasteiger charge is -2.18.